The van der Waals surface area contributed by atoms with E-state index in [1.807, 2.05) is 71.2 Å². The van der Waals surface area contributed by atoms with Crippen LogP contribution >= 0.6 is 0 Å². The molecule has 35 heavy (non-hydrogen) atoms. The van der Waals surface area contributed by atoms with E-state index >= 15 is 0 Å². The predicted octanol–water partition coefficient (Wildman–Crippen LogP) is 4.11. The number of carbonyl (C=O) groups is 1. The molecule has 2 aromatic heterocycles. The van der Waals surface area contributed by atoms with Crippen LogP contribution in [-0.4, -0.2) is 43.8 Å². The number of amides is 1. The van der Waals surface area contributed by atoms with Crippen LogP contribution in [0, 0.1) is 0 Å². The Morgan fingerprint density at radius 2 is 1.89 bits per heavy atom. The Hall–Kier alpha value is -4.24. The number of fused-ring (bicyclic) bond motifs is 1. The molecule has 1 saturated heterocycles. The third-order valence-corrected chi connectivity index (χ3v) is 5.95. The molecule has 1 atom stereocenters. The van der Waals surface area contributed by atoms with Crippen molar-refractivity contribution in [1.29, 1.82) is 0 Å². The number of anilines is 1. The van der Waals surface area contributed by atoms with Gasteiger partial charge in [-0.05, 0) is 62.2 Å². The quantitative estimate of drug-likeness (QED) is 0.409. The topological polar surface area (TPSA) is 111 Å². The smallest absolute Gasteiger partial charge is 0.257 e. The van der Waals surface area contributed by atoms with Crippen LogP contribution < -0.4 is 15.9 Å². The first-order valence-corrected chi connectivity index (χ1v) is 11.6. The summed E-state index contributed by atoms with van der Waals surface area (Å²) < 4.78 is 7.84. The van der Waals surface area contributed by atoms with Crippen LogP contribution in [0.4, 0.5) is 5.82 Å². The van der Waals surface area contributed by atoms with Crippen LogP contribution in [0.5, 0.6) is 11.5 Å². The number of hydrazine groups is 1. The number of para-hydroxylation sites is 1. The third kappa shape index (κ3) is 4.85. The second kappa shape index (κ2) is 9.94. The Morgan fingerprint density at radius 3 is 2.66 bits per heavy atom. The number of ether oxygens (including phenoxy) is 1. The van der Waals surface area contributed by atoms with E-state index < -0.39 is 0 Å². The van der Waals surface area contributed by atoms with Crippen LogP contribution in [0.2, 0.25) is 0 Å². The maximum absolute atomic E-state index is 12.0. The second-order valence-corrected chi connectivity index (χ2v) is 8.41. The fourth-order valence-electron chi connectivity index (χ4n) is 4.36. The molecule has 1 amide bonds. The predicted molar refractivity (Wildman–Crippen MR) is 134 cm³/mol. The minimum atomic E-state index is -0.136. The van der Waals surface area contributed by atoms with Gasteiger partial charge in [-0.3, -0.25) is 10.2 Å². The van der Waals surface area contributed by atoms with E-state index in [1.54, 1.807) is 6.08 Å². The minimum Gasteiger partial charge on any atom is -0.457 e. The van der Waals surface area contributed by atoms with E-state index in [0.717, 1.165) is 47.5 Å². The fourth-order valence-corrected chi connectivity index (χ4v) is 4.36. The molecule has 178 valence electrons. The molecule has 0 saturated carbocycles. The number of nitrogens with two attached hydrogens (primary N) is 1. The highest BCUT2D eigenvalue weighted by molar-refractivity contribution is 5.98. The number of aromatic nitrogens is 4. The number of benzene rings is 2. The highest BCUT2D eigenvalue weighted by Gasteiger charge is 2.27. The molecular formula is C26H27N7O2. The number of nitrogens with zero attached hydrogens (tertiary/aromatic N) is 5. The molecule has 0 radical (unpaired) electrons. The van der Waals surface area contributed by atoms with Gasteiger partial charge >= 0.3 is 0 Å². The van der Waals surface area contributed by atoms with E-state index in [-0.39, 0.29) is 11.9 Å². The SMILES string of the molecule is CC=CC(=O)NN1CCCC(n2nc(-c3ccc(Oc4ccccc4)cc3)c3c(N)ncnc32)C1. The zero-order valence-corrected chi connectivity index (χ0v) is 19.5. The van der Waals surface area contributed by atoms with Gasteiger partial charge in [0.1, 0.15) is 29.3 Å². The van der Waals surface area contributed by atoms with Crippen molar-refractivity contribution < 1.29 is 9.53 Å². The monoisotopic (exact) mass is 469 g/mol. The van der Waals surface area contributed by atoms with Gasteiger partial charge in [0.2, 0.25) is 0 Å². The number of hydrogen-bond donors (Lipinski definition) is 2. The number of rotatable bonds is 6. The third-order valence-electron chi connectivity index (χ3n) is 5.95. The molecule has 9 heteroatoms. The molecule has 0 bridgehead atoms. The van der Waals surface area contributed by atoms with Gasteiger partial charge in [-0.15, -0.1) is 0 Å². The lowest BCUT2D eigenvalue weighted by Crippen LogP contribution is -2.47. The Morgan fingerprint density at radius 1 is 1.11 bits per heavy atom. The molecule has 3 N–H and O–H groups in total. The van der Waals surface area contributed by atoms with E-state index in [4.69, 9.17) is 15.6 Å². The lowest BCUT2D eigenvalue weighted by atomic mass is 10.1. The average molecular weight is 470 g/mol. The number of carbonyl (C=O) groups excluding carboxylic acids is 1. The highest BCUT2D eigenvalue weighted by Crippen LogP contribution is 2.34. The van der Waals surface area contributed by atoms with Gasteiger partial charge in [-0.25, -0.2) is 19.7 Å². The molecule has 1 aliphatic rings. The van der Waals surface area contributed by atoms with E-state index in [1.165, 1.54) is 12.4 Å². The van der Waals surface area contributed by atoms with Crippen LogP contribution in [-0.2, 0) is 4.79 Å². The first-order valence-electron chi connectivity index (χ1n) is 11.6. The standard InChI is InChI=1S/C26H27N7O2/c1-2-7-22(34)30-32-15-6-8-19(16-32)33-26-23(25(27)28-17-29-26)24(31-33)18-11-13-21(14-12-18)35-20-9-4-3-5-10-20/h2-5,7,9-14,17,19H,6,8,15-16H2,1H3,(H,30,34)(H2,27,28,29). The Kier molecular flexibility index (Phi) is 6.40. The van der Waals surface area contributed by atoms with Gasteiger partial charge in [0.15, 0.2) is 5.65 Å². The number of nitrogen functional groups attached to an aromatic ring is 1. The zero-order valence-electron chi connectivity index (χ0n) is 19.5. The Balaban J connectivity index is 1.45. The van der Waals surface area contributed by atoms with E-state index in [0.29, 0.717) is 18.0 Å². The molecule has 2 aromatic carbocycles. The van der Waals surface area contributed by atoms with Crippen LogP contribution in [0.25, 0.3) is 22.3 Å². The Bertz CT molecular complexity index is 1350. The minimum absolute atomic E-state index is 0.0286. The molecule has 1 unspecified atom stereocenters. The van der Waals surface area contributed by atoms with Crippen molar-refractivity contribution >= 4 is 22.8 Å². The lowest BCUT2D eigenvalue weighted by Gasteiger charge is -2.32. The second-order valence-electron chi connectivity index (χ2n) is 8.41. The first kappa shape index (κ1) is 22.5. The molecule has 0 spiro atoms. The average Bonchev–Trinajstić information content (AvgIpc) is 3.27. The molecule has 5 rings (SSSR count). The molecule has 4 aromatic rings. The van der Waals surface area contributed by atoms with Gasteiger partial charge in [0.25, 0.3) is 5.91 Å². The van der Waals surface area contributed by atoms with E-state index in [2.05, 4.69) is 15.4 Å². The zero-order chi connectivity index (χ0) is 24.2. The summed E-state index contributed by atoms with van der Waals surface area (Å²) in [6.45, 7) is 3.22. The highest BCUT2D eigenvalue weighted by atomic mass is 16.5. The van der Waals surface area contributed by atoms with Crippen molar-refractivity contribution in [3.05, 3.63) is 73.1 Å². The van der Waals surface area contributed by atoms with Gasteiger partial charge in [-0.2, -0.15) is 5.10 Å². The number of allylic oxidation sites excluding steroid dienone is 1. The summed E-state index contributed by atoms with van der Waals surface area (Å²) in [6, 6.07) is 17.4. The van der Waals surface area contributed by atoms with Crippen molar-refractivity contribution in [3.8, 4) is 22.8 Å². The summed E-state index contributed by atoms with van der Waals surface area (Å²) in [4.78, 5) is 20.8. The van der Waals surface area contributed by atoms with Gasteiger partial charge in [0.05, 0.1) is 11.4 Å². The van der Waals surface area contributed by atoms with Crippen molar-refractivity contribution in [2.45, 2.75) is 25.8 Å². The van der Waals surface area contributed by atoms with E-state index in [9.17, 15) is 4.79 Å². The van der Waals surface area contributed by atoms with Crippen LogP contribution in [0.15, 0.2) is 73.1 Å². The first-order chi connectivity index (χ1) is 17.1. The van der Waals surface area contributed by atoms with Crippen molar-refractivity contribution in [2.75, 3.05) is 18.8 Å². The van der Waals surface area contributed by atoms with Crippen molar-refractivity contribution in [1.82, 2.24) is 30.2 Å². The largest absolute Gasteiger partial charge is 0.457 e. The normalized spacial score (nSPS) is 16.5. The number of nitrogens with one attached hydrogen (secondary N) is 1. The molecular weight excluding hydrogens is 442 g/mol. The summed E-state index contributed by atoms with van der Waals surface area (Å²) >= 11 is 0. The number of hydrogen-bond acceptors (Lipinski definition) is 7. The number of piperidine rings is 1. The maximum Gasteiger partial charge on any atom is 0.257 e. The summed E-state index contributed by atoms with van der Waals surface area (Å²) in [6.07, 6.45) is 6.54. The van der Waals surface area contributed by atoms with Crippen LogP contribution in [0.3, 0.4) is 0 Å². The summed E-state index contributed by atoms with van der Waals surface area (Å²) in [5, 5.41) is 7.60. The molecule has 0 aliphatic carbocycles. The van der Waals surface area contributed by atoms with Crippen LogP contribution in [0.1, 0.15) is 25.8 Å². The van der Waals surface area contributed by atoms with Gasteiger partial charge in [-0.1, -0.05) is 24.3 Å². The molecule has 1 aliphatic heterocycles. The summed E-state index contributed by atoms with van der Waals surface area (Å²) in [7, 11) is 0. The van der Waals surface area contributed by atoms with Crippen molar-refractivity contribution in [3.63, 3.8) is 0 Å². The molecule has 1 fully saturated rings. The molecule has 3 heterocycles. The molecule has 9 nitrogen and oxygen atoms in total. The fraction of sp³-hybridized carbons (Fsp3) is 0.231. The summed E-state index contributed by atoms with van der Waals surface area (Å²) in [5.74, 6) is 1.75. The lowest BCUT2D eigenvalue weighted by molar-refractivity contribution is -0.121. The Labute approximate surface area is 203 Å². The summed E-state index contributed by atoms with van der Waals surface area (Å²) in [5.41, 5.74) is 11.5. The van der Waals surface area contributed by atoms with Gasteiger partial charge < -0.3 is 10.5 Å². The van der Waals surface area contributed by atoms with Crippen molar-refractivity contribution in [2.24, 2.45) is 0 Å². The maximum atomic E-state index is 12.0. The van der Waals surface area contributed by atoms with Gasteiger partial charge in [0, 0.05) is 18.7 Å².